The normalized spacial score (nSPS) is 19.4. The van der Waals surface area contributed by atoms with Crippen LogP contribution < -0.4 is 10.0 Å². The molecule has 0 unspecified atom stereocenters. The number of nitrogens with one attached hydrogen (secondary N) is 1. The summed E-state index contributed by atoms with van der Waals surface area (Å²) >= 11 is 1.28. The SMILES string of the molecule is O=C1N=C(N2CC[NH+](c3cccc(C(F)(F)F)c3)CC2)SC1=Cc1ccc([O-])cc1. The second-order valence-corrected chi connectivity index (χ2v) is 8.06. The number of piperazine rings is 1. The molecule has 5 nitrogen and oxygen atoms in total. The topological polar surface area (TPSA) is 60.2 Å². The molecule has 2 aromatic rings. The highest BCUT2D eigenvalue weighted by Gasteiger charge is 2.33. The maximum atomic E-state index is 13.0. The van der Waals surface area contributed by atoms with Crippen molar-refractivity contribution in [2.45, 2.75) is 6.18 Å². The molecule has 0 saturated carbocycles. The van der Waals surface area contributed by atoms with Crippen LogP contribution in [0.1, 0.15) is 11.1 Å². The van der Waals surface area contributed by atoms with Crippen molar-refractivity contribution in [3.63, 3.8) is 0 Å². The number of aliphatic imine (C=N–C) groups is 1. The van der Waals surface area contributed by atoms with Crippen molar-refractivity contribution in [3.8, 4) is 5.75 Å². The number of amidine groups is 1. The van der Waals surface area contributed by atoms with Gasteiger partial charge in [0.2, 0.25) is 0 Å². The van der Waals surface area contributed by atoms with Crippen molar-refractivity contribution >= 4 is 34.6 Å². The Kier molecular flexibility index (Phi) is 5.57. The largest absolute Gasteiger partial charge is 0.872 e. The van der Waals surface area contributed by atoms with Crippen LogP contribution in [0.25, 0.3) is 6.08 Å². The van der Waals surface area contributed by atoms with Gasteiger partial charge in [-0.15, -0.1) is 5.75 Å². The molecular formula is C21H18F3N3O2S. The molecule has 156 valence electrons. The van der Waals surface area contributed by atoms with E-state index >= 15 is 0 Å². The van der Waals surface area contributed by atoms with E-state index in [-0.39, 0.29) is 11.7 Å². The molecule has 1 N–H and O–H groups in total. The molecule has 2 heterocycles. The average Bonchev–Trinajstić information content (AvgIpc) is 3.10. The monoisotopic (exact) mass is 433 g/mol. The van der Waals surface area contributed by atoms with Crippen molar-refractivity contribution in [3.05, 3.63) is 64.6 Å². The Hall–Kier alpha value is -2.78. The van der Waals surface area contributed by atoms with Crippen molar-refractivity contribution in [2.75, 3.05) is 26.2 Å². The fourth-order valence-corrected chi connectivity index (χ4v) is 4.39. The molecule has 1 fully saturated rings. The number of alkyl halides is 3. The summed E-state index contributed by atoms with van der Waals surface area (Å²) in [5.74, 6) is -0.422. The van der Waals surface area contributed by atoms with E-state index in [0.717, 1.165) is 16.5 Å². The predicted octanol–water partition coefficient (Wildman–Crippen LogP) is 2.28. The minimum atomic E-state index is -4.36. The number of quaternary nitrogens is 1. The van der Waals surface area contributed by atoms with E-state index in [0.29, 0.717) is 41.9 Å². The molecule has 2 aliphatic heterocycles. The number of carbonyl (C=O) groups is 1. The van der Waals surface area contributed by atoms with Crippen LogP contribution in [-0.4, -0.2) is 42.2 Å². The number of hydrogen-bond acceptors (Lipinski definition) is 4. The second kappa shape index (κ2) is 8.16. The minimum Gasteiger partial charge on any atom is -0.872 e. The Balaban J connectivity index is 1.40. The number of nitrogens with zero attached hydrogens (tertiary/aromatic N) is 2. The van der Waals surface area contributed by atoms with Crippen molar-refractivity contribution < 1.29 is 28.0 Å². The van der Waals surface area contributed by atoms with E-state index in [9.17, 15) is 23.1 Å². The van der Waals surface area contributed by atoms with Gasteiger partial charge >= 0.3 is 6.18 Å². The summed E-state index contributed by atoms with van der Waals surface area (Å²) in [6.07, 6.45) is -2.66. The van der Waals surface area contributed by atoms with Gasteiger partial charge in [0.05, 0.1) is 36.6 Å². The predicted molar refractivity (Wildman–Crippen MR) is 107 cm³/mol. The molecule has 0 spiro atoms. The first kappa shape index (κ1) is 20.5. The zero-order chi connectivity index (χ0) is 21.3. The molecule has 0 atom stereocenters. The van der Waals surface area contributed by atoms with Crippen LogP contribution in [0.15, 0.2) is 58.4 Å². The van der Waals surface area contributed by atoms with Crippen molar-refractivity contribution in [1.29, 1.82) is 0 Å². The minimum absolute atomic E-state index is 0.0966. The van der Waals surface area contributed by atoms with Gasteiger partial charge in [0.1, 0.15) is 5.69 Å². The number of thioether (sulfide) groups is 1. The number of rotatable bonds is 2. The Morgan fingerprint density at radius 2 is 1.80 bits per heavy atom. The third-order valence-electron chi connectivity index (χ3n) is 5.02. The van der Waals surface area contributed by atoms with E-state index in [4.69, 9.17) is 0 Å². The van der Waals surface area contributed by atoms with Gasteiger partial charge in [-0.3, -0.25) is 9.69 Å². The smallest absolute Gasteiger partial charge is 0.416 e. The molecule has 0 bridgehead atoms. The lowest BCUT2D eigenvalue weighted by atomic mass is 10.1. The molecule has 0 radical (unpaired) electrons. The number of amides is 1. The van der Waals surface area contributed by atoms with Crippen molar-refractivity contribution in [2.24, 2.45) is 4.99 Å². The van der Waals surface area contributed by atoms with Crippen LogP contribution in [0.3, 0.4) is 0 Å². The third-order valence-corrected chi connectivity index (χ3v) is 6.07. The number of carbonyl (C=O) groups excluding carboxylic acids is 1. The summed E-state index contributed by atoms with van der Waals surface area (Å²) in [6.45, 7) is 2.39. The summed E-state index contributed by atoms with van der Waals surface area (Å²) in [6, 6.07) is 11.6. The number of benzene rings is 2. The fraction of sp³-hybridized carbons (Fsp3) is 0.238. The number of hydrogen-bond donors (Lipinski definition) is 1. The van der Waals surface area contributed by atoms with Gasteiger partial charge in [-0.05, 0) is 35.5 Å². The first-order valence-corrected chi connectivity index (χ1v) is 10.2. The van der Waals surface area contributed by atoms with E-state index in [1.165, 1.54) is 36.0 Å². The molecule has 2 aromatic carbocycles. The summed E-state index contributed by atoms with van der Waals surface area (Å²) < 4.78 is 38.9. The summed E-state index contributed by atoms with van der Waals surface area (Å²) in [5.41, 5.74) is 0.723. The summed E-state index contributed by atoms with van der Waals surface area (Å²) in [5, 5.41) is 11.8. The zero-order valence-electron chi connectivity index (χ0n) is 15.8. The Morgan fingerprint density at radius 3 is 2.47 bits per heavy atom. The van der Waals surface area contributed by atoms with Gasteiger partial charge in [0, 0.05) is 6.07 Å². The molecule has 2 aliphatic rings. The van der Waals surface area contributed by atoms with Gasteiger partial charge in [0.25, 0.3) is 5.91 Å². The van der Waals surface area contributed by atoms with Crippen LogP contribution in [0.5, 0.6) is 5.75 Å². The van der Waals surface area contributed by atoms with Gasteiger partial charge in [-0.2, -0.15) is 18.2 Å². The van der Waals surface area contributed by atoms with Crippen LogP contribution in [0.2, 0.25) is 0 Å². The maximum Gasteiger partial charge on any atom is 0.416 e. The first-order valence-electron chi connectivity index (χ1n) is 9.36. The lowest BCUT2D eigenvalue weighted by Crippen LogP contribution is -3.10. The van der Waals surface area contributed by atoms with E-state index < -0.39 is 11.7 Å². The van der Waals surface area contributed by atoms with Gasteiger partial charge < -0.3 is 10.0 Å². The molecule has 0 aromatic heterocycles. The fourth-order valence-electron chi connectivity index (χ4n) is 3.42. The highest BCUT2D eigenvalue weighted by atomic mass is 32.2. The van der Waals surface area contributed by atoms with Crippen LogP contribution in [-0.2, 0) is 11.0 Å². The molecule has 1 saturated heterocycles. The van der Waals surface area contributed by atoms with Gasteiger partial charge in [0.15, 0.2) is 5.17 Å². The average molecular weight is 433 g/mol. The van der Waals surface area contributed by atoms with Gasteiger partial charge in [-0.25, -0.2) is 0 Å². The van der Waals surface area contributed by atoms with Crippen LogP contribution in [0, 0.1) is 0 Å². The Morgan fingerprint density at radius 1 is 1.10 bits per heavy atom. The van der Waals surface area contributed by atoms with E-state index in [1.807, 2.05) is 4.90 Å². The molecule has 0 aliphatic carbocycles. The summed E-state index contributed by atoms with van der Waals surface area (Å²) in [4.78, 5) is 19.8. The first-order chi connectivity index (χ1) is 14.3. The lowest BCUT2D eigenvalue weighted by molar-refractivity contribution is -0.837. The van der Waals surface area contributed by atoms with E-state index in [1.54, 1.807) is 24.3 Å². The molecule has 4 rings (SSSR count). The van der Waals surface area contributed by atoms with Crippen LogP contribution in [0.4, 0.5) is 18.9 Å². The maximum absolute atomic E-state index is 13.0. The van der Waals surface area contributed by atoms with Crippen LogP contribution >= 0.6 is 11.8 Å². The Bertz CT molecular complexity index is 1010. The highest BCUT2D eigenvalue weighted by molar-refractivity contribution is 8.18. The molecule has 9 heteroatoms. The Labute approximate surface area is 175 Å². The van der Waals surface area contributed by atoms with E-state index in [2.05, 4.69) is 4.99 Å². The summed E-state index contributed by atoms with van der Waals surface area (Å²) in [7, 11) is 0. The molecule has 1 amide bonds. The molecular weight excluding hydrogens is 415 g/mol. The third kappa shape index (κ3) is 4.52. The highest BCUT2D eigenvalue weighted by Crippen LogP contribution is 2.31. The lowest BCUT2D eigenvalue weighted by Gasteiger charge is -2.32. The standard InChI is InChI=1S/C21H18F3N3O2S/c22-21(23,24)15-2-1-3-16(13-15)26-8-10-27(11-9-26)20-25-19(29)18(30-20)12-14-4-6-17(28)7-5-14/h1-7,12-13,28H,8-11H2. The number of halogens is 3. The van der Waals surface area contributed by atoms with Gasteiger partial charge in [-0.1, -0.05) is 30.3 Å². The van der Waals surface area contributed by atoms with Crippen molar-refractivity contribution in [1.82, 2.24) is 4.90 Å². The second-order valence-electron chi connectivity index (χ2n) is 7.05. The quantitative estimate of drug-likeness (QED) is 0.739. The molecule has 30 heavy (non-hydrogen) atoms. The zero-order valence-corrected chi connectivity index (χ0v) is 16.6.